The van der Waals surface area contributed by atoms with Gasteiger partial charge in [-0.1, -0.05) is 42.1 Å². The maximum absolute atomic E-state index is 12.7. The van der Waals surface area contributed by atoms with E-state index in [9.17, 15) is 19.5 Å². The molecule has 0 saturated heterocycles. The standard InChI is InChI=1S/C18H20N4O4S/c1-11(16(24)25)27-17-19-14-13(15(23)21(3)18(26)20(14)2)22(17)10-9-12-7-5-4-6-8-12/h4-8,11H,9-10H2,1-3H3,(H,24,25)/t11-/m1/s1. The van der Waals surface area contributed by atoms with E-state index in [1.165, 1.54) is 11.6 Å². The van der Waals surface area contributed by atoms with Gasteiger partial charge in [0, 0.05) is 20.6 Å². The lowest BCUT2D eigenvalue weighted by atomic mass is 10.1. The van der Waals surface area contributed by atoms with E-state index in [2.05, 4.69) is 4.98 Å². The van der Waals surface area contributed by atoms with Crippen molar-refractivity contribution in [3.63, 3.8) is 0 Å². The van der Waals surface area contributed by atoms with Crippen molar-refractivity contribution in [3.05, 3.63) is 56.7 Å². The van der Waals surface area contributed by atoms with E-state index in [0.29, 0.717) is 23.6 Å². The van der Waals surface area contributed by atoms with Crippen molar-refractivity contribution in [2.24, 2.45) is 14.1 Å². The molecule has 1 N–H and O–H groups in total. The lowest BCUT2D eigenvalue weighted by Gasteiger charge is -2.11. The fourth-order valence-corrected chi connectivity index (χ4v) is 3.68. The fourth-order valence-electron chi connectivity index (χ4n) is 2.82. The highest BCUT2D eigenvalue weighted by Crippen LogP contribution is 2.26. The van der Waals surface area contributed by atoms with E-state index in [0.717, 1.165) is 21.9 Å². The largest absolute Gasteiger partial charge is 0.480 e. The van der Waals surface area contributed by atoms with E-state index in [-0.39, 0.29) is 5.65 Å². The highest BCUT2D eigenvalue weighted by atomic mass is 32.2. The van der Waals surface area contributed by atoms with Gasteiger partial charge in [-0.15, -0.1) is 0 Å². The van der Waals surface area contributed by atoms with Crippen LogP contribution in [0.5, 0.6) is 0 Å². The summed E-state index contributed by atoms with van der Waals surface area (Å²) in [5, 5.41) is 8.91. The summed E-state index contributed by atoms with van der Waals surface area (Å²) >= 11 is 1.06. The number of rotatable bonds is 6. The van der Waals surface area contributed by atoms with Crippen LogP contribution in [0.3, 0.4) is 0 Å². The third-order valence-electron chi connectivity index (χ3n) is 4.41. The van der Waals surface area contributed by atoms with E-state index >= 15 is 0 Å². The number of aryl methyl sites for hydroxylation is 3. The lowest BCUT2D eigenvalue weighted by Crippen LogP contribution is -2.37. The van der Waals surface area contributed by atoms with Gasteiger partial charge in [0.2, 0.25) is 0 Å². The number of carboxylic acids is 1. The summed E-state index contributed by atoms with van der Waals surface area (Å²) in [6.07, 6.45) is 0.646. The summed E-state index contributed by atoms with van der Waals surface area (Å²) in [7, 11) is 2.97. The van der Waals surface area contributed by atoms with E-state index in [1.54, 1.807) is 18.5 Å². The topological polar surface area (TPSA) is 99.1 Å². The number of fused-ring (bicyclic) bond motifs is 1. The highest BCUT2D eigenvalue weighted by Gasteiger charge is 2.22. The predicted octanol–water partition coefficient (Wildman–Crippen LogP) is 1.24. The molecule has 0 aliphatic rings. The van der Waals surface area contributed by atoms with Crippen LogP contribution in [0, 0.1) is 0 Å². The second-order valence-corrected chi connectivity index (χ2v) is 7.57. The number of hydrogen-bond donors (Lipinski definition) is 1. The minimum Gasteiger partial charge on any atom is -0.480 e. The van der Waals surface area contributed by atoms with Gasteiger partial charge in [-0.3, -0.25) is 18.7 Å². The molecule has 1 atom stereocenters. The third-order valence-corrected chi connectivity index (χ3v) is 5.49. The van der Waals surface area contributed by atoms with Gasteiger partial charge < -0.3 is 9.67 Å². The minimum atomic E-state index is -0.969. The number of benzene rings is 1. The molecule has 0 radical (unpaired) electrons. The molecule has 142 valence electrons. The van der Waals surface area contributed by atoms with Crippen LogP contribution in [0.25, 0.3) is 11.2 Å². The van der Waals surface area contributed by atoms with Gasteiger partial charge in [-0.2, -0.15) is 0 Å². The quantitative estimate of drug-likeness (QED) is 0.638. The number of carbonyl (C=O) groups is 1. The average Bonchev–Trinajstić information content (AvgIpc) is 3.02. The van der Waals surface area contributed by atoms with Gasteiger partial charge in [0.25, 0.3) is 5.56 Å². The average molecular weight is 388 g/mol. The second-order valence-electron chi connectivity index (χ2n) is 6.26. The Morgan fingerprint density at radius 3 is 2.48 bits per heavy atom. The molecule has 0 amide bonds. The Labute approximate surface area is 159 Å². The van der Waals surface area contributed by atoms with Crippen LogP contribution in [0.15, 0.2) is 45.1 Å². The first-order chi connectivity index (χ1) is 12.8. The summed E-state index contributed by atoms with van der Waals surface area (Å²) in [6, 6.07) is 9.77. The monoisotopic (exact) mass is 388 g/mol. The molecule has 0 spiro atoms. The van der Waals surface area contributed by atoms with Crippen molar-refractivity contribution in [3.8, 4) is 0 Å². The third kappa shape index (κ3) is 3.55. The molecule has 0 aliphatic heterocycles. The van der Waals surface area contributed by atoms with Crippen LogP contribution in [0.4, 0.5) is 0 Å². The first-order valence-electron chi connectivity index (χ1n) is 8.41. The number of imidazole rings is 1. The number of thioether (sulfide) groups is 1. The zero-order chi connectivity index (χ0) is 19.7. The van der Waals surface area contributed by atoms with Crippen LogP contribution < -0.4 is 11.2 Å². The molecule has 9 heteroatoms. The predicted molar refractivity (Wildman–Crippen MR) is 103 cm³/mol. The molecule has 0 aliphatic carbocycles. The Kier molecular flexibility index (Phi) is 5.22. The van der Waals surface area contributed by atoms with Gasteiger partial charge in [0.15, 0.2) is 16.3 Å². The van der Waals surface area contributed by atoms with Crippen molar-refractivity contribution >= 4 is 28.9 Å². The second kappa shape index (κ2) is 7.43. The van der Waals surface area contributed by atoms with Crippen molar-refractivity contribution in [2.45, 2.75) is 30.3 Å². The Morgan fingerprint density at radius 2 is 1.85 bits per heavy atom. The molecule has 0 saturated carbocycles. The first kappa shape index (κ1) is 19.0. The molecular formula is C18H20N4O4S. The number of hydrogen-bond acceptors (Lipinski definition) is 5. The van der Waals surface area contributed by atoms with Crippen molar-refractivity contribution < 1.29 is 9.90 Å². The molecule has 0 unspecified atom stereocenters. The summed E-state index contributed by atoms with van der Waals surface area (Å²) in [4.78, 5) is 40.6. The van der Waals surface area contributed by atoms with Crippen LogP contribution >= 0.6 is 11.8 Å². The van der Waals surface area contributed by atoms with Gasteiger partial charge in [0.05, 0.1) is 0 Å². The Balaban J connectivity index is 2.15. The zero-order valence-corrected chi connectivity index (χ0v) is 16.1. The summed E-state index contributed by atoms with van der Waals surface area (Å²) in [5.74, 6) is -0.969. The van der Waals surface area contributed by atoms with E-state index in [1.807, 2.05) is 30.3 Å². The van der Waals surface area contributed by atoms with Gasteiger partial charge in [-0.25, -0.2) is 9.78 Å². The highest BCUT2D eigenvalue weighted by molar-refractivity contribution is 8.00. The van der Waals surface area contributed by atoms with Crippen LogP contribution in [-0.2, 0) is 31.9 Å². The van der Waals surface area contributed by atoms with Crippen molar-refractivity contribution in [2.75, 3.05) is 0 Å². The van der Waals surface area contributed by atoms with E-state index < -0.39 is 22.5 Å². The molecule has 8 nitrogen and oxygen atoms in total. The molecular weight excluding hydrogens is 368 g/mol. The molecule has 2 aromatic heterocycles. The number of carboxylic acid groups (broad SMARTS) is 1. The van der Waals surface area contributed by atoms with Crippen LogP contribution in [0.1, 0.15) is 12.5 Å². The summed E-state index contributed by atoms with van der Waals surface area (Å²) in [6.45, 7) is 2.01. The van der Waals surface area contributed by atoms with Crippen molar-refractivity contribution in [1.29, 1.82) is 0 Å². The number of nitrogens with zero attached hydrogens (tertiary/aromatic N) is 4. The maximum atomic E-state index is 12.7. The van der Waals surface area contributed by atoms with Crippen LogP contribution in [-0.4, -0.2) is 35.0 Å². The first-order valence-corrected chi connectivity index (χ1v) is 9.29. The van der Waals surface area contributed by atoms with Gasteiger partial charge >= 0.3 is 11.7 Å². The molecule has 2 heterocycles. The molecule has 0 bridgehead atoms. The van der Waals surface area contributed by atoms with Gasteiger partial charge in [-0.05, 0) is 18.9 Å². The summed E-state index contributed by atoms with van der Waals surface area (Å²) in [5.41, 5.74) is 0.738. The number of aliphatic carboxylic acids is 1. The van der Waals surface area contributed by atoms with E-state index in [4.69, 9.17) is 0 Å². The Morgan fingerprint density at radius 1 is 1.19 bits per heavy atom. The zero-order valence-electron chi connectivity index (χ0n) is 15.2. The smallest absolute Gasteiger partial charge is 0.332 e. The lowest BCUT2D eigenvalue weighted by molar-refractivity contribution is -0.136. The molecule has 3 aromatic rings. The molecule has 3 rings (SSSR count). The molecule has 1 aromatic carbocycles. The SMILES string of the molecule is C[C@@H](Sc1nc2c(c(=O)n(C)c(=O)n2C)n1CCc1ccccc1)C(=O)O. The van der Waals surface area contributed by atoms with Crippen molar-refractivity contribution in [1.82, 2.24) is 18.7 Å². The fraction of sp³-hybridized carbons (Fsp3) is 0.333. The summed E-state index contributed by atoms with van der Waals surface area (Å²) < 4.78 is 4.07. The maximum Gasteiger partial charge on any atom is 0.332 e. The Bertz CT molecular complexity index is 1110. The van der Waals surface area contributed by atoms with Gasteiger partial charge in [0.1, 0.15) is 5.25 Å². The Hall–Kier alpha value is -2.81. The van der Waals surface area contributed by atoms with Crippen LogP contribution in [0.2, 0.25) is 0 Å². The molecule has 0 fully saturated rings. The minimum absolute atomic E-state index is 0.260. The number of aromatic nitrogens is 4. The molecule has 27 heavy (non-hydrogen) atoms. The normalized spacial score (nSPS) is 12.4.